The number of pyridine rings is 1. The van der Waals surface area contributed by atoms with Crippen LogP contribution in [0.5, 0.6) is 0 Å². The number of carbonyl (C=O) groups excluding carboxylic acids is 1. The molecule has 0 spiro atoms. The molecule has 5 N–H and O–H groups in total. The van der Waals surface area contributed by atoms with Gasteiger partial charge in [-0.1, -0.05) is 0 Å². The quantitative estimate of drug-likeness (QED) is 0.732. The van der Waals surface area contributed by atoms with E-state index >= 15 is 0 Å². The first kappa shape index (κ1) is 14.5. The number of hydrogen-bond donors (Lipinski definition) is 3. The summed E-state index contributed by atoms with van der Waals surface area (Å²) in [5.41, 5.74) is 12.2. The number of nitrogen functional groups attached to an aromatic ring is 2. The molecule has 21 heavy (non-hydrogen) atoms. The standard InChI is InChI=1S/C13H16N6O2/c1-7-5-16-12(15)13(21)19(7)6-11(20)18-9-3-4-10(14)17-8(9)2/h3-5H,6H2,1-2H3,(H2,14,17)(H2,15,16)(H,18,20). The zero-order valence-electron chi connectivity index (χ0n) is 11.8. The van der Waals surface area contributed by atoms with E-state index in [2.05, 4.69) is 15.3 Å². The summed E-state index contributed by atoms with van der Waals surface area (Å²) in [6.07, 6.45) is 1.44. The van der Waals surface area contributed by atoms with E-state index < -0.39 is 5.56 Å². The van der Waals surface area contributed by atoms with Crippen molar-refractivity contribution in [2.45, 2.75) is 20.4 Å². The molecule has 0 saturated heterocycles. The van der Waals surface area contributed by atoms with E-state index in [0.717, 1.165) is 0 Å². The Hall–Kier alpha value is -2.90. The van der Waals surface area contributed by atoms with Crippen molar-refractivity contribution in [3.05, 3.63) is 40.1 Å². The zero-order chi connectivity index (χ0) is 15.6. The maximum atomic E-state index is 12.0. The van der Waals surface area contributed by atoms with Crippen LogP contribution in [0.25, 0.3) is 0 Å². The maximum Gasteiger partial charge on any atom is 0.293 e. The van der Waals surface area contributed by atoms with Crippen molar-refractivity contribution in [1.82, 2.24) is 14.5 Å². The Bertz CT molecular complexity index is 753. The van der Waals surface area contributed by atoms with Gasteiger partial charge in [-0.25, -0.2) is 9.97 Å². The second kappa shape index (κ2) is 5.61. The first-order valence-corrected chi connectivity index (χ1v) is 6.23. The number of rotatable bonds is 3. The molecule has 0 atom stereocenters. The number of nitrogens with one attached hydrogen (secondary N) is 1. The molecule has 0 aromatic carbocycles. The third-order valence-corrected chi connectivity index (χ3v) is 2.96. The van der Waals surface area contributed by atoms with Crippen LogP contribution in [0.1, 0.15) is 11.4 Å². The van der Waals surface area contributed by atoms with E-state index in [4.69, 9.17) is 11.5 Å². The number of nitrogens with two attached hydrogens (primary N) is 2. The number of hydrogen-bond acceptors (Lipinski definition) is 6. The summed E-state index contributed by atoms with van der Waals surface area (Å²) >= 11 is 0. The molecule has 0 bridgehead atoms. The predicted octanol–water partition coefficient (Wildman–Crippen LogP) is 0.0582. The number of aromatic nitrogens is 3. The number of carbonyl (C=O) groups is 1. The molecule has 2 aromatic rings. The van der Waals surface area contributed by atoms with Gasteiger partial charge >= 0.3 is 0 Å². The first-order valence-electron chi connectivity index (χ1n) is 6.23. The number of nitrogens with zero attached hydrogens (tertiary/aromatic N) is 3. The molecule has 110 valence electrons. The lowest BCUT2D eigenvalue weighted by atomic mass is 10.3. The van der Waals surface area contributed by atoms with Gasteiger partial charge in [-0.3, -0.25) is 14.2 Å². The van der Waals surface area contributed by atoms with Crippen LogP contribution in [-0.4, -0.2) is 20.4 Å². The molecular formula is C13H16N6O2. The second-order valence-corrected chi connectivity index (χ2v) is 4.59. The molecule has 8 nitrogen and oxygen atoms in total. The van der Waals surface area contributed by atoms with Crippen LogP contribution in [0.3, 0.4) is 0 Å². The highest BCUT2D eigenvalue weighted by Crippen LogP contribution is 2.13. The van der Waals surface area contributed by atoms with Gasteiger partial charge in [0.05, 0.1) is 11.4 Å². The third-order valence-electron chi connectivity index (χ3n) is 2.96. The van der Waals surface area contributed by atoms with Crippen LogP contribution in [0.4, 0.5) is 17.3 Å². The number of anilines is 3. The third kappa shape index (κ3) is 3.16. The maximum absolute atomic E-state index is 12.0. The first-order chi connectivity index (χ1) is 9.88. The fourth-order valence-electron chi connectivity index (χ4n) is 1.83. The molecular weight excluding hydrogens is 272 g/mol. The van der Waals surface area contributed by atoms with Crippen molar-refractivity contribution in [3.63, 3.8) is 0 Å². The smallest absolute Gasteiger partial charge is 0.293 e. The molecule has 0 aliphatic carbocycles. The van der Waals surface area contributed by atoms with Gasteiger partial charge < -0.3 is 16.8 Å². The van der Waals surface area contributed by atoms with E-state index in [1.54, 1.807) is 26.0 Å². The summed E-state index contributed by atoms with van der Waals surface area (Å²) in [6, 6.07) is 3.25. The lowest BCUT2D eigenvalue weighted by Crippen LogP contribution is -2.31. The Labute approximate surface area is 120 Å². The van der Waals surface area contributed by atoms with Crippen molar-refractivity contribution < 1.29 is 4.79 Å². The van der Waals surface area contributed by atoms with Crippen molar-refractivity contribution in [2.24, 2.45) is 0 Å². The van der Waals surface area contributed by atoms with Crippen LogP contribution in [-0.2, 0) is 11.3 Å². The molecule has 2 rings (SSSR count). The number of aryl methyl sites for hydroxylation is 2. The van der Waals surface area contributed by atoms with Crippen LogP contribution >= 0.6 is 0 Å². The molecule has 0 unspecified atom stereocenters. The van der Waals surface area contributed by atoms with Crippen LogP contribution < -0.4 is 22.3 Å². The van der Waals surface area contributed by atoms with Crippen LogP contribution in [0.15, 0.2) is 23.1 Å². The topological polar surface area (TPSA) is 129 Å². The highest BCUT2D eigenvalue weighted by molar-refractivity contribution is 5.91. The van der Waals surface area contributed by atoms with Gasteiger partial charge in [0.2, 0.25) is 5.91 Å². The Kier molecular flexibility index (Phi) is 3.88. The fraction of sp³-hybridized carbons (Fsp3) is 0.231. The molecule has 2 aromatic heterocycles. The Morgan fingerprint density at radius 1 is 1.33 bits per heavy atom. The van der Waals surface area contributed by atoms with Gasteiger partial charge in [-0.05, 0) is 26.0 Å². The minimum atomic E-state index is -0.489. The van der Waals surface area contributed by atoms with E-state index in [9.17, 15) is 9.59 Å². The van der Waals surface area contributed by atoms with Crippen molar-refractivity contribution in [2.75, 3.05) is 16.8 Å². The van der Waals surface area contributed by atoms with Crippen LogP contribution in [0.2, 0.25) is 0 Å². The van der Waals surface area contributed by atoms with Crippen molar-refractivity contribution >= 4 is 23.2 Å². The Balaban J connectivity index is 2.20. The van der Waals surface area contributed by atoms with Gasteiger partial charge in [-0.2, -0.15) is 0 Å². The van der Waals surface area contributed by atoms with E-state index in [0.29, 0.717) is 22.9 Å². The Morgan fingerprint density at radius 3 is 2.71 bits per heavy atom. The van der Waals surface area contributed by atoms with Gasteiger partial charge in [-0.15, -0.1) is 0 Å². The summed E-state index contributed by atoms with van der Waals surface area (Å²) < 4.78 is 1.26. The molecule has 0 fully saturated rings. The average molecular weight is 288 g/mol. The molecule has 0 aliphatic heterocycles. The normalized spacial score (nSPS) is 10.4. The van der Waals surface area contributed by atoms with Gasteiger partial charge in [0.25, 0.3) is 5.56 Å². The summed E-state index contributed by atoms with van der Waals surface area (Å²) in [5.74, 6) is -0.126. The fourth-order valence-corrected chi connectivity index (χ4v) is 1.83. The molecule has 0 radical (unpaired) electrons. The highest BCUT2D eigenvalue weighted by Gasteiger charge is 2.11. The monoisotopic (exact) mass is 288 g/mol. The van der Waals surface area contributed by atoms with Crippen molar-refractivity contribution in [3.8, 4) is 0 Å². The second-order valence-electron chi connectivity index (χ2n) is 4.59. The van der Waals surface area contributed by atoms with E-state index in [1.807, 2.05) is 0 Å². The summed E-state index contributed by atoms with van der Waals surface area (Å²) in [4.78, 5) is 31.7. The minimum Gasteiger partial charge on any atom is -0.384 e. The van der Waals surface area contributed by atoms with E-state index in [-0.39, 0.29) is 18.3 Å². The summed E-state index contributed by atoms with van der Waals surface area (Å²) in [7, 11) is 0. The predicted molar refractivity (Wildman–Crippen MR) is 79.7 cm³/mol. The lowest BCUT2D eigenvalue weighted by molar-refractivity contribution is -0.116. The summed E-state index contributed by atoms with van der Waals surface area (Å²) in [6.45, 7) is 3.26. The number of amides is 1. The molecule has 2 heterocycles. The highest BCUT2D eigenvalue weighted by atomic mass is 16.2. The summed E-state index contributed by atoms with van der Waals surface area (Å²) in [5, 5.41) is 2.68. The SMILES string of the molecule is Cc1nc(N)ccc1NC(=O)Cn1c(C)cnc(N)c1=O. The van der Waals surface area contributed by atoms with Gasteiger partial charge in [0.1, 0.15) is 12.4 Å². The minimum absolute atomic E-state index is 0.140. The largest absolute Gasteiger partial charge is 0.384 e. The molecule has 1 amide bonds. The van der Waals surface area contributed by atoms with Gasteiger partial charge in [0.15, 0.2) is 5.82 Å². The lowest BCUT2D eigenvalue weighted by Gasteiger charge is -2.11. The van der Waals surface area contributed by atoms with Gasteiger partial charge in [0, 0.05) is 11.9 Å². The average Bonchev–Trinajstić information content (AvgIpc) is 2.42. The molecule has 8 heteroatoms. The van der Waals surface area contributed by atoms with E-state index in [1.165, 1.54) is 10.8 Å². The zero-order valence-corrected chi connectivity index (χ0v) is 11.8. The van der Waals surface area contributed by atoms with Crippen molar-refractivity contribution in [1.29, 1.82) is 0 Å². The molecule has 0 aliphatic rings. The Morgan fingerprint density at radius 2 is 2.05 bits per heavy atom. The van der Waals surface area contributed by atoms with Crippen LogP contribution in [0, 0.1) is 13.8 Å². The molecule has 0 saturated carbocycles.